The first-order chi connectivity index (χ1) is 9.02. The van der Waals surface area contributed by atoms with Gasteiger partial charge in [-0.25, -0.2) is 0 Å². The molecule has 2 nitrogen and oxygen atoms in total. The predicted molar refractivity (Wildman–Crippen MR) is 81.5 cm³/mol. The molecule has 0 atom stereocenters. The lowest BCUT2D eigenvalue weighted by Gasteiger charge is -2.47. The van der Waals surface area contributed by atoms with E-state index in [0.29, 0.717) is 5.41 Å². The molecule has 1 aromatic rings. The van der Waals surface area contributed by atoms with Crippen molar-refractivity contribution in [3.8, 4) is 0 Å². The summed E-state index contributed by atoms with van der Waals surface area (Å²) in [5.41, 5.74) is 3.24. The quantitative estimate of drug-likeness (QED) is 0.890. The molecule has 0 spiro atoms. The molecule has 19 heavy (non-hydrogen) atoms. The van der Waals surface area contributed by atoms with Gasteiger partial charge < -0.3 is 10.2 Å². The zero-order valence-electron chi connectivity index (χ0n) is 12.4. The number of rotatable bonds is 4. The van der Waals surface area contributed by atoms with Crippen LogP contribution in [0.5, 0.6) is 0 Å². The number of hydrogen-bond donors (Lipinski definition) is 1. The van der Waals surface area contributed by atoms with Crippen molar-refractivity contribution in [1.82, 2.24) is 5.32 Å². The van der Waals surface area contributed by atoms with Crippen LogP contribution in [0.2, 0.25) is 0 Å². The first-order valence-electron chi connectivity index (χ1n) is 7.59. The van der Waals surface area contributed by atoms with Gasteiger partial charge in [-0.1, -0.05) is 32.9 Å². The Morgan fingerprint density at radius 2 is 1.74 bits per heavy atom. The maximum atomic E-state index is 3.56. The standard InChI is InChI=1S/C17H26N2/c1-17(2,3)14-11-19(12-14)16-8-4-13(5-9-16)10-18-15-6-7-15/h4-5,8-9,14-15,18H,6-7,10-12H2,1-3H3. The molecular weight excluding hydrogens is 232 g/mol. The van der Waals surface area contributed by atoms with Gasteiger partial charge >= 0.3 is 0 Å². The molecule has 1 saturated carbocycles. The number of benzene rings is 1. The topological polar surface area (TPSA) is 15.3 Å². The summed E-state index contributed by atoms with van der Waals surface area (Å²) in [5, 5.41) is 3.56. The van der Waals surface area contributed by atoms with E-state index in [0.717, 1.165) is 18.5 Å². The average molecular weight is 258 g/mol. The van der Waals surface area contributed by atoms with Crippen LogP contribution in [0.4, 0.5) is 5.69 Å². The molecule has 0 radical (unpaired) electrons. The Hall–Kier alpha value is -1.02. The van der Waals surface area contributed by atoms with Crippen LogP contribution < -0.4 is 10.2 Å². The molecule has 0 unspecified atom stereocenters. The summed E-state index contributed by atoms with van der Waals surface area (Å²) in [4.78, 5) is 2.49. The Morgan fingerprint density at radius 1 is 1.11 bits per heavy atom. The van der Waals surface area contributed by atoms with Crippen LogP contribution in [0, 0.1) is 11.3 Å². The average Bonchev–Trinajstić information content (AvgIpc) is 3.08. The Kier molecular flexibility index (Phi) is 3.30. The van der Waals surface area contributed by atoms with Crippen molar-refractivity contribution >= 4 is 5.69 Å². The molecule has 1 aliphatic heterocycles. The molecule has 104 valence electrons. The summed E-state index contributed by atoms with van der Waals surface area (Å²) in [6.07, 6.45) is 2.72. The van der Waals surface area contributed by atoms with Gasteiger partial charge in [0, 0.05) is 31.4 Å². The van der Waals surface area contributed by atoms with Gasteiger partial charge in [0.15, 0.2) is 0 Å². The van der Waals surface area contributed by atoms with Gasteiger partial charge in [-0.3, -0.25) is 0 Å². The Balaban J connectivity index is 1.52. The SMILES string of the molecule is CC(C)(C)C1CN(c2ccc(CNC3CC3)cc2)C1. The summed E-state index contributed by atoms with van der Waals surface area (Å²) in [7, 11) is 0. The van der Waals surface area contributed by atoms with Crippen molar-refractivity contribution in [3.05, 3.63) is 29.8 Å². The molecule has 3 rings (SSSR count). The fourth-order valence-corrected chi connectivity index (χ4v) is 2.61. The third kappa shape index (κ3) is 3.11. The molecule has 1 saturated heterocycles. The first-order valence-corrected chi connectivity index (χ1v) is 7.59. The highest BCUT2D eigenvalue weighted by Gasteiger charge is 2.35. The second-order valence-electron chi connectivity index (χ2n) is 7.29. The highest BCUT2D eigenvalue weighted by atomic mass is 15.2. The molecular formula is C17H26N2. The summed E-state index contributed by atoms with van der Waals surface area (Å²) in [5.74, 6) is 0.837. The highest BCUT2D eigenvalue weighted by Crippen LogP contribution is 2.36. The molecule has 2 heteroatoms. The normalized spacial score (nSPS) is 20.5. The van der Waals surface area contributed by atoms with Gasteiger partial charge in [0.25, 0.3) is 0 Å². The van der Waals surface area contributed by atoms with Crippen LogP contribution >= 0.6 is 0 Å². The fourth-order valence-electron chi connectivity index (χ4n) is 2.61. The largest absolute Gasteiger partial charge is 0.371 e. The van der Waals surface area contributed by atoms with Crippen molar-refractivity contribution in [3.63, 3.8) is 0 Å². The summed E-state index contributed by atoms with van der Waals surface area (Å²) in [6, 6.07) is 9.90. The lowest BCUT2D eigenvalue weighted by Crippen LogP contribution is -2.52. The Bertz CT molecular complexity index is 420. The Morgan fingerprint density at radius 3 is 2.26 bits per heavy atom. The predicted octanol–water partition coefficient (Wildman–Crippen LogP) is 3.42. The minimum atomic E-state index is 0.449. The van der Waals surface area contributed by atoms with Crippen LogP contribution in [0.15, 0.2) is 24.3 Å². The van der Waals surface area contributed by atoms with Gasteiger partial charge in [-0.15, -0.1) is 0 Å². The lowest BCUT2D eigenvalue weighted by atomic mass is 9.76. The van der Waals surface area contributed by atoms with Crippen LogP contribution in [0.1, 0.15) is 39.2 Å². The van der Waals surface area contributed by atoms with E-state index < -0.39 is 0 Å². The number of anilines is 1. The third-order valence-electron chi connectivity index (χ3n) is 4.58. The summed E-state index contributed by atoms with van der Waals surface area (Å²) < 4.78 is 0. The lowest BCUT2D eigenvalue weighted by molar-refractivity contribution is 0.195. The number of nitrogens with one attached hydrogen (secondary N) is 1. The third-order valence-corrected chi connectivity index (χ3v) is 4.58. The molecule has 1 aliphatic carbocycles. The molecule has 2 fully saturated rings. The van der Waals surface area contributed by atoms with E-state index in [4.69, 9.17) is 0 Å². The zero-order chi connectivity index (χ0) is 13.5. The van der Waals surface area contributed by atoms with Crippen LogP contribution in [-0.2, 0) is 6.54 Å². The van der Waals surface area contributed by atoms with Crippen LogP contribution in [0.3, 0.4) is 0 Å². The van der Waals surface area contributed by atoms with Gasteiger partial charge in [0.1, 0.15) is 0 Å². The summed E-state index contributed by atoms with van der Waals surface area (Å²) in [6.45, 7) is 10.5. The second kappa shape index (κ2) is 4.82. The van der Waals surface area contributed by atoms with Gasteiger partial charge in [-0.05, 0) is 41.9 Å². The molecule has 1 heterocycles. The zero-order valence-corrected chi connectivity index (χ0v) is 12.4. The molecule has 2 aliphatic rings. The molecule has 1 aromatic carbocycles. The minimum absolute atomic E-state index is 0.449. The van der Waals surface area contributed by atoms with E-state index in [9.17, 15) is 0 Å². The van der Waals surface area contributed by atoms with Crippen molar-refractivity contribution in [2.24, 2.45) is 11.3 Å². The minimum Gasteiger partial charge on any atom is -0.371 e. The number of hydrogen-bond acceptors (Lipinski definition) is 2. The van der Waals surface area contributed by atoms with E-state index in [1.54, 1.807) is 0 Å². The molecule has 0 amide bonds. The molecule has 1 N–H and O–H groups in total. The van der Waals surface area contributed by atoms with Crippen molar-refractivity contribution in [2.75, 3.05) is 18.0 Å². The summed E-state index contributed by atoms with van der Waals surface area (Å²) >= 11 is 0. The van der Waals surface area contributed by atoms with Crippen molar-refractivity contribution in [2.45, 2.75) is 46.2 Å². The molecule has 0 bridgehead atoms. The number of nitrogens with zero attached hydrogens (tertiary/aromatic N) is 1. The second-order valence-corrected chi connectivity index (χ2v) is 7.29. The van der Waals surface area contributed by atoms with E-state index in [-0.39, 0.29) is 0 Å². The smallest absolute Gasteiger partial charge is 0.0366 e. The van der Waals surface area contributed by atoms with Crippen molar-refractivity contribution < 1.29 is 0 Å². The van der Waals surface area contributed by atoms with Crippen molar-refractivity contribution in [1.29, 1.82) is 0 Å². The van der Waals surface area contributed by atoms with E-state index in [2.05, 4.69) is 55.3 Å². The fraction of sp³-hybridized carbons (Fsp3) is 0.647. The van der Waals surface area contributed by atoms with Gasteiger partial charge in [-0.2, -0.15) is 0 Å². The molecule has 0 aromatic heterocycles. The monoisotopic (exact) mass is 258 g/mol. The van der Waals surface area contributed by atoms with Gasteiger partial charge in [0.05, 0.1) is 0 Å². The first kappa shape index (κ1) is 13.0. The van der Waals surface area contributed by atoms with E-state index in [1.807, 2.05) is 0 Å². The van der Waals surface area contributed by atoms with E-state index >= 15 is 0 Å². The highest BCUT2D eigenvalue weighted by molar-refractivity contribution is 5.50. The maximum absolute atomic E-state index is 3.56. The van der Waals surface area contributed by atoms with Gasteiger partial charge in [0.2, 0.25) is 0 Å². The van der Waals surface area contributed by atoms with Crippen LogP contribution in [0.25, 0.3) is 0 Å². The Labute approximate surface area is 117 Å². The maximum Gasteiger partial charge on any atom is 0.0366 e. The van der Waals surface area contributed by atoms with Crippen LogP contribution in [-0.4, -0.2) is 19.1 Å². The van der Waals surface area contributed by atoms with E-state index in [1.165, 1.54) is 37.2 Å².